The zero-order chi connectivity index (χ0) is 25.2. The standard InChI is InChI=1S/C24H23FN4O5S/c1-28(2)12-13-29-21-15-17(10-11-22(21)34-24(29)31)26-23(30)16-6-5-7-18(14-16)35(32,33)27-20-9-4-3-8-19(20)25/h3-11,14-15,27H,12-13H2,1-2H3,(H,26,30). The molecule has 35 heavy (non-hydrogen) atoms. The van der Waals surface area contributed by atoms with E-state index in [4.69, 9.17) is 4.42 Å². The van der Waals surface area contributed by atoms with E-state index in [2.05, 4.69) is 10.0 Å². The van der Waals surface area contributed by atoms with Gasteiger partial charge in [-0.05, 0) is 62.6 Å². The van der Waals surface area contributed by atoms with Crippen LogP contribution in [0.4, 0.5) is 15.8 Å². The van der Waals surface area contributed by atoms with Gasteiger partial charge < -0.3 is 14.6 Å². The molecule has 0 saturated carbocycles. The van der Waals surface area contributed by atoms with E-state index in [1.165, 1.54) is 47.0 Å². The van der Waals surface area contributed by atoms with Crippen LogP contribution in [0.2, 0.25) is 0 Å². The molecule has 0 radical (unpaired) electrons. The van der Waals surface area contributed by atoms with E-state index >= 15 is 0 Å². The van der Waals surface area contributed by atoms with E-state index in [1.807, 2.05) is 19.0 Å². The lowest BCUT2D eigenvalue weighted by molar-refractivity contribution is 0.102. The van der Waals surface area contributed by atoms with Gasteiger partial charge in [-0.3, -0.25) is 14.1 Å². The van der Waals surface area contributed by atoms with Crippen molar-refractivity contribution in [1.82, 2.24) is 9.47 Å². The van der Waals surface area contributed by atoms with Crippen molar-refractivity contribution in [2.24, 2.45) is 0 Å². The van der Waals surface area contributed by atoms with E-state index in [-0.39, 0.29) is 16.1 Å². The fraction of sp³-hybridized carbons (Fsp3) is 0.167. The molecule has 4 rings (SSSR count). The number of aromatic nitrogens is 1. The highest BCUT2D eigenvalue weighted by atomic mass is 32.2. The Morgan fingerprint density at radius 3 is 2.57 bits per heavy atom. The topological polar surface area (TPSA) is 114 Å². The first kappa shape index (κ1) is 24.2. The number of halogens is 1. The minimum Gasteiger partial charge on any atom is -0.408 e. The number of nitrogens with one attached hydrogen (secondary N) is 2. The van der Waals surface area contributed by atoms with E-state index in [0.717, 1.165) is 6.07 Å². The van der Waals surface area contributed by atoms with Gasteiger partial charge in [0.2, 0.25) is 0 Å². The SMILES string of the molecule is CN(C)CCn1c(=O)oc2ccc(NC(=O)c3cccc(S(=O)(=O)Nc4ccccc4F)c3)cc21. The summed E-state index contributed by atoms with van der Waals surface area (Å²) < 4.78 is 48.3. The molecular formula is C24H23FN4O5S. The number of fused-ring (bicyclic) bond motifs is 1. The molecule has 0 aliphatic rings. The van der Waals surface area contributed by atoms with Crippen molar-refractivity contribution in [2.75, 3.05) is 30.7 Å². The Balaban J connectivity index is 1.57. The number of hydrogen-bond acceptors (Lipinski definition) is 6. The first-order valence-electron chi connectivity index (χ1n) is 10.6. The quantitative estimate of drug-likeness (QED) is 0.385. The van der Waals surface area contributed by atoms with Crippen molar-refractivity contribution in [2.45, 2.75) is 11.4 Å². The lowest BCUT2D eigenvalue weighted by Gasteiger charge is -2.11. The number of para-hydroxylation sites is 1. The smallest absolute Gasteiger partial charge is 0.408 e. The second-order valence-electron chi connectivity index (χ2n) is 8.07. The van der Waals surface area contributed by atoms with Crippen LogP contribution in [0.25, 0.3) is 11.1 Å². The number of sulfonamides is 1. The molecule has 0 fully saturated rings. The number of benzene rings is 3. The number of carbonyl (C=O) groups is 1. The lowest BCUT2D eigenvalue weighted by Crippen LogP contribution is -2.23. The van der Waals surface area contributed by atoms with Crippen LogP contribution in [-0.2, 0) is 16.6 Å². The first-order chi connectivity index (χ1) is 16.6. The third-order valence-corrected chi connectivity index (χ3v) is 6.58. The minimum atomic E-state index is -4.13. The number of carbonyl (C=O) groups excluding carboxylic acids is 1. The maximum absolute atomic E-state index is 13.9. The van der Waals surface area contributed by atoms with Gasteiger partial charge in [0.1, 0.15) is 5.82 Å². The predicted octanol–water partition coefficient (Wildman–Crippen LogP) is 3.35. The van der Waals surface area contributed by atoms with Gasteiger partial charge in [0.05, 0.1) is 16.1 Å². The second kappa shape index (κ2) is 9.72. The van der Waals surface area contributed by atoms with Crippen LogP contribution in [0.15, 0.2) is 80.8 Å². The highest BCUT2D eigenvalue weighted by molar-refractivity contribution is 7.92. The Labute approximate surface area is 200 Å². The Bertz CT molecular complexity index is 1560. The largest absolute Gasteiger partial charge is 0.419 e. The zero-order valence-corrected chi connectivity index (χ0v) is 19.8. The van der Waals surface area contributed by atoms with E-state index in [0.29, 0.717) is 29.9 Å². The summed E-state index contributed by atoms with van der Waals surface area (Å²) in [5, 5.41) is 2.71. The summed E-state index contributed by atoms with van der Waals surface area (Å²) >= 11 is 0. The highest BCUT2D eigenvalue weighted by Crippen LogP contribution is 2.22. The Morgan fingerprint density at radius 1 is 1.06 bits per heavy atom. The molecule has 0 aliphatic heterocycles. The van der Waals surface area contributed by atoms with Gasteiger partial charge in [-0.1, -0.05) is 18.2 Å². The fourth-order valence-electron chi connectivity index (χ4n) is 3.41. The molecule has 1 amide bonds. The summed E-state index contributed by atoms with van der Waals surface area (Å²) in [6, 6.07) is 15.5. The fourth-order valence-corrected chi connectivity index (χ4v) is 4.52. The molecule has 0 spiro atoms. The molecule has 0 aliphatic carbocycles. The molecule has 0 saturated heterocycles. The van der Waals surface area contributed by atoms with Crippen LogP contribution >= 0.6 is 0 Å². The Morgan fingerprint density at radius 2 is 1.83 bits per heavy atom. The molecule has 4 aromatic rings. The molecule has 1 heterocycles. The Kier molecular flexibility index (Phi) is 6.72. The zero-order valence-electron chi connectivity index (χ0n) is 19.0. The first-order valence-corrected chi connectivity index (χ1v) is 12.1. The molecular weight excluding hydrogens is 475 g/mol. The molecule has 0 bridgehead atoms. The van der Waals surface area contributed by atoms with Crippen molar-refractivity contribution >= 4 is 38.4 Å². The third kappa shape index (κ3) is 5.42. The average molecular weight is 499 g/mol. The summed E-state index contributed by atoms with van der Waals surface area (Å²) in [6.45, 7) is 1.03. The normalized spacial score (nSPS) is 11.7. The van der Waals surface area contributed by atoms with Gasteiger partial charge in [-0.15, -0.1) is 0 Å². The summed E-state index contributed by atoms with van der Waals surface area (Å²) in [5.41, 5.74) is 1.20. The summed E-state index contributed by atoms with van der Waals surface area (Å²) in [4.78, 5) is 26.8. The van der Waals surface area contributed by atoms with Gasteiger partial charge in [0.25, 0.3) is 15.9 Å². The van der Waals surface area contributed by atoms with E-state index in [1.54, 1.807) is 18.2 Å². The number of oxazole rings is 1. The number of rotatable bonds is 8. The van der Waals surface area contributed by atoms with E-state index < -0.39 is 27.5 Å². The number of hydrogen-bond donors (Lipinski definition) is 2. The maximum atomic E-state index is 13.9. The molecule has 2 N–H and O–H groups in total. The minimum absolute atomic E-state index is 0.0821. The molecule has 0 atom stereocenters. The number of nitrogens with zero attached hydrogens (tertiary/aromatic N) is 2. The van der Waals surface area contributed by atoms with Crippen molar-refractivity contribution < 1.29 is 22.0 Å². The third-order valence-electron chi connectivity index (χ3n) is 5.22. The van der Waals surface area contributed by atoms with Gasteiger partial charge >= 0.3 is 5.76 Å². The Hall–Kier alpha value is -3.96. The van der Waals surface area contributed by atoms with Crippen molar-refractivity contribution in [3.8, 4) is 0 Å². The van der Waals surface area contributed by atoms with Crippen molar-refractivity contribution in [3.63, 3.8) is 0 Å². The number of likely N-dealkylation sites (N-methyl/N-ethyl adjacent to an activating group) is 1. The molecule has 182 valence electrons. The molecule has 0 unspecified atom stereocenters. The number of amides is 1. The average Bonchev–Trinajstić information content (AvgIpc) is 3.13. The monoisotopic (exact) mass is 498 g/mol. The van der Waals surface area contributed by atoms with Gasteiger partial charge in [-0.2, -0.15) is 0 Å². The maximum Gasteiger partial charge on any atom is 0.419 e. The van der Waals surface area contributed by atoms with Crippen LogP contribution in [-0.4, -0.2) is 44.4 Å². The summed E-state index contributed by atoms with van der Waals surface area (Å²) in [5.74, 6) is -1.77. The van der Waals surface area contributed by atoms with Crippen LogP contribution in [0.1, 0.15) is 10.4 Å². The van der Waals surface area contributed by atoms with Crippen molar-refractivity contribution in [3.05, 3.63) is 88.7 Å². The van der Waals surface area contributed by atoms with Crippen LogP contribution in [0.3, 0.4) is 0 Å². The highest BCUT2D eigenvalue weighted by Gasteiger charge is 2.19. The molecule has 1 aromatic heterocycles. The predicted molar refractivity (Wildman–Crippen MR) is 131 cm³/mol. The van der Waals surface area contributed by atoms with Crippen LogP contribution in [0.5, 0.6) is 0 Å². The lowest BCUT2D eigenvalue weighted by atomic mass is 10.2. The summed E-state index contributed by atoms with van der Waals surface area (Å²) in [6.07, 6.45) is 0. The molecule has 9 nitrogen and oxygen atoms in total. The van der Waals surface area contributed by atoms with Crippen molar-refractivity contribution in [1.29, 1.82) is 0 Å². The number of anilines is 2. The van der Waals surface area contributed by atoms with E-state index in [9.17, 15) is 22.4 Å². The van der Waals surface area contributed by atoms with Gasteiger partial charge in [0.15, 0.2) is 5.58 Å². The molecule has 3 aromatic carbocycles. The van der Waals surface area contributed by atoms with Gasteiger partial charge in [-0.25, -0.2) is 17.6 Å². The van der Waals surface area contributed by atoms with Crippen LogP contribution < -0.4 is 15.8 Å². The second-order valence-corrected chi connectivity index (χ2v) is 9.76. The summed E-state index contributed by atoms with van der Waals surface area (Å²) in [7, 11) is -0.358. The van der Waals surface area contributed by atoms with Crippen LogP contribution in [0, 0.1) is 5.82 Å². The molecule has 11 heteroatoms. The van der Waals surface area contributed by atoms with Gasteiger partial charge in [0, 0.05) is 24.3 Å².